The summed E-state index contributed by atoms with van der Waals surface area (Å²) in [7, 11) is 0. The molecule has 0 amide bonds. The van der Waals surface area contributed by atoms with Crippen LogP contribution in [0.1, 0.15) is 31.7 Å². The number of rotatable bonds is 8. The summed E-state index contributed by atoms with van der Waals surface area (Å²) in [6.07, 6.45) is 7.09. The quantitative estimate of drug-likeness (QED) is 0.717. The van der Waals surface area contributed by atoms with E-state index in [2.05, 4.69) is 34.1 Å². The van der Waals surface area contributed by atoms with Crippen molar-refractivity contribution in [2.45, 2.75) is 39.3 Å². The van der Waals surface area contributed by atoms with Gasteiger partial charge in [-0.05, 0) is 43.5 Å². The van der Waals surface area contributed by atoms with Gasteiger partial charge in [0.2, 0.25) is 0 Å². The molecule has 19 heavy (non-hydrogen) atoms. The number of hydrogen-bond acceptors (Lipinski definition) is 3. The van der Waals surface area contributed by atoms with Crippen molar-refractivity contribution >= 4 is 11.0 Å². The van der Waals surface area contributed by atoms with Crippen LogP contribution in [-0.2, 0) is 13.1 Å². The summed E-state index contributed by atoms with van der Waals surface area (Å²) in [5.41, 5.74) is 2.38. The molecule has 0 unspecified atom stereocenters. The monoisotopic (exact) mass is 261 g/mol. The van der Waals surface area contributed by atoms with Crippen LogP contribution < -0.4 is 5.32 Å². The smallest absolute Gasteiger partial charge is 0.140 e. The van der Waals surface area contributed by atoms with Crippen LogP contribution in [0, 0.1) is 0 Å². The molecule has 0 saturated carbocycles. The van der Waals surface area contributed by atoms with Crippen LogP contribution in [0.15, 0.2) is 24.5 Å². The molecule has 2 heterocycles. The maximum absolute atomic E-state index is 8.81. The number of fused-ring (bicyclic) bond motifs is 1. The van der Waals surface area contributed by atoms with Crippen molar-refractivity contribution in [3.05, 3.63) is 30.1 Å². The Kier molecular flexibility index (Phi) is 5.36. The molecule has 0 aliphatic carbocycles. The zero-order chi connectivity index (χ0) is 13.5. The predicted octanol–water partition coefficient (Wildman–Crippen LogP) is 2.31. The van der Waals surface area contributed by atoms with Crippen molar-refractivity contribution in [2.24, 2.45) is 0 Å². The molecular formula is C15H23N3O. The maximum Gasteiger partial charge on any atom is 0.140 e. The topological polar surface area (TPSA) is 50.1 Å². The molecule has 2 aromatic rings. The number of unbranched alkanes of at least 4 members (excludes halogenated alkanes) is 2. The Morgan fingerprint density at radius 3 is 3.00 bits per heavy atom. The molecule has 4 heteroatoms. The number of aryl methyl sites for hydroxylation is 1. The van der Waals surface area contributed by atoms with E-state index in [0.717, 1.165) is 44.5 Å². The fourth-order valence-corrected chi connectivity index (χ4v) is 2.34. The van der Waals surface area contributed by atoms with E-state index < -0.39 is 0 Å². The highest BCUT2D eigenvalue weighted by Gasteiger charge is 2.08. The van der Waals surface area contributed by atoms with E-state index in [4.69, 9.17) is 5.11 Å². The Bertz CT molecular complexity index is 507. The Balaban J connectivity index is 2.13. The van der Waals surface area contributed by atoms with Crippen LogP contribution in [0.3, 0.4) is 0 Å². The largest absolute Gasteiger partial charge is 0.396 e. The standard InChI is InChI=1S/C15H23N3O/c1-2-16-11-13-12-18(9-4-3-5-10-19)15-14(13)7-6-8-17-15/h6-8,12,16,19H,2-5,9-11H2,1H3. The van der Waals surface area contributed by atoms with E-state index >= 15 is 0 Å². The highest BCUT2D eigenvalue weighted by atomic mass is 16.2. The van der Waals surface area contributed by atoms with Crippen LogP contribution in [0.2, 0.25) is 0 Å². The molecule has 104 valence electrons. The molecule has 0 aromatic carbocycles. The summed E-state index contributed by atoms with van der Waals surface area (Å²) in [6, 6.07) is 4.13. The second kappa shape index (κ2) is 7.26. The van der Waals surface area contributed by atoms with Gasteiger partial charge in [0.25, 0.3) is 0 Å². The van der Waals surface area contributed by atoms with E-state index in [-0.39, 0.29) is 6.61 Å². The number of aromatic nitrogens is 2. The number of hydrogen-bond donors (Lipinski definition) is 2. The van der Waals surface area contributed by atoms with Crippen LogP contribution in [0.4, 0.5) is 0 Å². The van der Waals surface area contributed by atoms with Gasteiger partial charge in [-0.25, -0.2) is 4.98 Å². The molecule has 0 saturated heterocycles. The van der Waals surface area contributed by atoms with Gasteiger partial charge in [-0.1, -0.05) is 6.92 Å². The van der Waals surface area contributed by atoms with Crippen molar-refractivity contribution in [3.8, 4) is 0 Å². The minimum absolute atomic E-state index is 0.288. The number of aliphatic hydroxyl groups is 1. The fourth-order valence-electron chi connectivity index (χ4n) is 2.34. The number of nitrogens with zero attached hydrogens (tertiary/aromatic N) is 2. The first kappa shape index (κ1) is 14.0. The summed E-state index contributed by atoms with van der Waals surface area (Å²) >= 11 is 0. The third-order valence-corrected chi connectivity index (χ3v) is 3.34. The van der Waals surface area contributed by atoms with Gasteiger partial charge in [0.05, 0.1) is 0 Å². The van der Waals surface area contributed by atoms with E-state index in [9.17, 15) is 0 Å². The van der Waals surface area contributed by atoms with Crippen molar-refractivity contribution < 1.29 is 5.11 Å². The molecule has 0 fully saturated rings. The molecule has 0 bridgehead atoms. The second-order valence-corrected chi connectivity index (χ2v) is 4.79. The first-order chi connectivity index (χ1) is 9.36. The van der Waals surface area contributed by atoms with E-state index in [0.29, 0.717) is 0 Å². The van der Waals surface area contributed by atoms with Crippen LogP contribution in [0.25, 0.3) is 11.0 Å². The summed E-state index contributed by atoms with van der Waals surface area (Å²) in [6.45, 7) is 5.24. The maximum atomic E-state index is 8.81. The lowest BCUT2D eigenvalue weighted by Gasteiger charge is -2.03. The Hall–Kier alpha value is -1.39. The lowest BCUT2D eigenvalue weighted by Crippen LogP contribution is -2.11. The summed E-state index contributed by atoms with van der Waals surface area (Å²) in [5, 5.41) is 13.4. The zero-order valence-electron chi connectivity index (χ0n) is 11.6. The molecular weight excluding hydrogens is 238 g/mol. The average molecular weight is 261 g/mol. The summed E-state index contributed by atoms with van der Waals surface area (Å²) in [4.78, 5) is 4.49. The van der Waals surface area contributed by atoms with Gasteiger partial charge < -0.3 is 15.0 Å². The average Bonchev–Trinajstić information content (AvgIpc) is 2.80. The minimum Gasteiger partial charge on any atom is -0.396 e. The molecule has 2 N–H and O–H groups in total. The van der Waals surface area contributed by atoms with Gasteiger partial charge in [0.15, 0.2) is 0 Å². The fraction of sp³-hybridized carbons (Fsp3) is 0.533. The minimum atomic E-state index is 0.288. The highest BCUT2D eigenvalue weighted by molar-refractivity contribution is 5.80. The van der Waals surface area contributed by atoms with Crippen molar-refractivity contribution in [2.75, 3.05) is 13.2 Å². The van der Waals surface area contributed by atoms with Gasteiger partial charge in [0.1, 0.15) is 5.65 Å². The van der Waals surface area contributed by atoms with Crippen molar-refractivity contribution in [1.82, 2.24) is 14.9 Å². The number of aliphatic hydroxyl groups excluding tert-OH is 1. The molecule has 0 radical (unpaired) electrons. The number of pyridine rings is 1. The highest BCUT2D eigenvalue weighted by Crippen LogP contribution is 2.19. The second-order valence-electron chi connectivity index (χ2n) is 4.79. The Morgan fingerprint density at radius 2 is 2.21 bits per heavy atom. The third kappa shape index (κ3) is 3.55. The molecule has 4 nitrogen and oxygen atoms in total. The van der Waals surface area contributed by atoms with E-state index in [1.54, 1.807) is 0 Å². The van der Waals surface area contributed by atoms with Gasteiger partial charge in [-0.3, -0.25) is 0 Å². The van der Waals surface area contributed by atoms with E-state index in [1.165, 1.54) is 10.9 Å². The molecule has 0 spiro atoms. The molecule has 2 rings (SSSR count). The molecule has 2 aromatic heterocycles. The summed E-state index contributed by atoms with van der Waals surface area (Å²) in [5.74, 6) is 0. The van der Waals surface area contributed by atoms with Crippen LogP contribution in [-0.4, -0.2) is 27.8 Å². The van der Waals surface area contributed by atoms with Crippen LogP contribution in [0.5, 0.6) is 0 Å². The SMILES string of the molecule is CCNCc1cn(CCCCCO)c2ncccc12. The normalized spacial score (nSPS) is 11.3. The lowest BCUT2D eigenvalue weighted by atomic mass is 10.2. The van der Waals surface area contributed by atoms with Crippen molar-refractivity contribution in [1.29, 1.82) is 0 Å². The molecule has 0 atom stereocenters. The van der Waals surface area contributed by atoms with Gasteiger partial charge in [-0.2, -0.15) is 0 Å². The third-order valence-electron chi connectivity index (χ3n) is 3.34. The molecule has 0 aliphatic heterocycles. The van der Waals surface area contributed by atoms with Crippen LogP contribution >= 0.6 is 0 Å². The van der Waals surface area contributed by atoms with Gasteiger partial charge in [0, 0.05) is 37.5 Å². The predicted molar refractivity (Wildman–Crippen MR) is 78.1 cm³/mol. The molecule has 0 aliphatic rings. The van der Waals surface area contributed by atoms with Gasteiger partial charge in [-0.15, -0.1) is 0 Å². The van der Waals surface area contributed by atoms with Gasteiger partial charge >= 0.3 is 0 Å². The first-order valence-electron chi connectivity index (χ1n) is 7.11. The summed E-state index contributed by atoms with van der Waals surface area (Å²) < 4.78 is 2.24. The first-order valence-corrected chi connectivity index (χ1v) is 7.11. The van der Waals surface area contributed by atoms with E-state index in [1.807, 2.05) is 12.3 Å². The Morgan fingerprint density at radius 1 is 1.32 bits per heavy atom. The lowest BCUT2D eigenvalue weighted by molar-refractivity contribution is 0.282. The number of nitrogens with one attached hydrogen (secondary N) is 1. The Labute approximate surface area is 114 Å². The van der Waals surface area contributed by atoms with Crippen molar-refractivity contribution in [3.63, 3.8) is 0 Å². The zero-order valence-corrected chi connectivity index (χ0v) is 11.6.